The van der Waals surface area contributed by atoms with Crippen LogP contribution in [0.4, 0.5) is 4.39 Å². The van der Waals surface area contributed by atoms with Gasteiger partial charge in [0.2, 0.25) is 0 Å². The van der Waals surface area contributed by atoms with Crippen molar-refractivity contribution in [3.63, 3.8) is 0 Å². The summed E-state index contributed by atoms with van der Waals surface area (Å²) >= 11 is 0. The van der Waals surface area contributed by atoms with Gasteiger partial charge in [-0.05, 0) is 18.6 Å². The van der Waals surface area contributed by atoms with Crippen LogP contribution in [0.25, 0.3) is 0 Å². The van der Waals surface area contributed by atoms with Crippen molar-refractivity contribution in [1.82, 2.24) is 0 Å². The highest BCUT2D eigenvalue weighted by atomic mass is 19.1. The zero-order valence-corrected chi connectivity index (χ0v) is 8.74. The van der Waals surface area contributed by atoms with Gasteiger partial charge in [0.05, 0.1) is 6.10 Å². The van der Waals surface area contributed by atoms with Gasteiger partial charge in [0, 0.05) is 18.1 Å². The van der Waals surface area contributed by atoms with E-state index in [2.05, 4.69) is 6.92 Å². The minimum Gasteiger partial charge on any atom is -0.490 e. The third-order valence-corrected chi connectivity index (χ3v) is 2.73. The van der Waals surface area contributed by atoms with Crippen molar-refractivity contribution in [2.45, 2.75) is 38.4 Å². The fourth-order valence-corrected chi connectivity index (χ4v) is 1.99. The molecule has 1 unspecified atom stereocenters. The van der Waals surface area contributed by atoms with Gasteiger partial charge in [-0.3, -0.25) is 0 Å². The number of fused-ring (bicyclic) bond motifs is 1. The van der Waals surface area contributed by atoms with E-state index in [1.54, 1.807) is 6.07 Å². The molecule has 3 heteroatoms. The highest BCUT2D eigenvalue weighted by Gasteiger charge is 2.26. The number of hydrogen-bond acceptors (Lipinski definition) is 2. The Bertz CT molecular complexity index is 351. The summed E-state index contributed by atoms with van der Waals surface area (Å²) in [6.45, 7) is 2.07. The third-order valence-electron chi connectivity index (χ3n) is 2.73. The molecule has 2 nitrogen and oxygen atoms in total. The SMILES string of the molecule is CCCC1C[C@H](O)c2ccc(F)cc2O1. The normalized spacial score (nSPS) is 24.5. The van der Waals surface area contributed by atoms with Gasteiger partial charge in [0.25, 0.3) is 0 Å². The molecule has 0 saturated heterocycles. The second kappa shape index (κ2) is 4.19. The molecule has 1 aliphatic heterocycles. The number of aliphatic hydroxyl groups excluding tert-OH is 1. The van der Waals surface area contributed by atoms with Gasteiger partial charge in [-0.2, -0.15) is 0 Å². The Balaban J connectivity index is 2.25. The predicted molar refractivity (Wildman–Crippen MR) is 55.3 cm³/mol. The van der Waals surface area contributed by atoms with Gasteiger partial charge in [-0.25, -0.2) is 4.39 Å². The van der Waals surface area contributed by atoms with E-state index in [9.17, 15) is 9.50 Å². The molecule has 1 heterocycles. The molecule has 2 rings (SSSR count). The van der Waals surface area contributed by atoms with Crippen molar-refractivity contribution in [2.24, 2.45) is 0 Å². The summed E-state index contributed by atoms with van der Waals surface area (Å²) in [5, 5.41) is 9.85. The van der Waals surface area contributed by atoms with Crippen LogP contribution in [0.15, 0.2) is 18.2 Å². The van der Waals surface area contributed by atoms with Crippen LogP contribution in [0.5, 0.6) is 5.75 Å². The van der Waals surface area contributed by atoms with Gasteiger partial charge in [-0.1, -0.05) is 13.3 Å². The number of hydrogen-bond donors (Lipinski definition) is 1. The van der Waals surface area contributed by atoms with E-state index < -0.39 is 6.10 Å². The maximum absolute atomic E-state index is 13.0. The molecule has 2 atom stereocenters. The van der Waals surface area contributed by atoms with Gasteiger partial charge in [0.1, 0.15) is 17.7 Å². The largest absolute Gasteiger partial charge is 0.490 e. The smallest absolute Gasteiger partial charge is 0.128 e. The zero-order chi connectivity index (χ0) is 10.8. The lowest BCUT2D eigenvalue weighted by molar-refractivity contribution is 0.0611. The molecule has 15 heavy (non-hydrogen) atoms. The lowest BCUT2D eigenvalue weighted by atomic mass is 9.97. The van der Waals surface area contributed by atoms with Crippen LogP contribution in [0, 0.1) is 5.82 Å². The summed E-state index contributed by atoms with van der Waals surface area (Å²) in [6, 6.07) is 4.30. The summed E-state index contributed by atoms with van der Waals surface area (Å²) in [5.74, 6) is 0.172. The van der Waals surface area contributed by atoms with Crippen LogP contribution in [0.2, 0.25) is 0 Å². The van der Waals surface area contributed by atoms with Crippen molar-refractivity contribution in [3.05, 3.63) is 29.6 Å². The molecule has 0 aliphatic carbocycles. The summed E-state index contributed by atoms with van der Waals surface area (Å²) < 4.78 is 18.6. The molecule has 82 valence electrons. The highest BCUT2D eigenvalue weighted by Crippen LogP contribution is 2.36. The number of benzene rings is 1. The lowest BCUT2D eigenvalue weighted by Crippen LogP contribution is -2.25. The average Bonchev–Trinajstić information content (AvgIpc) is 2.17. The molecule has 0 bridgehead atoms. The van der Waals surface area contributed by atoms with Crippen molar-refractivity contribution < 1.29 is 14.2 Å². The standard InChI is InChI=1S/C12H15FO2/c1-2-3-9-7-11(14)10-5-4-8(13)6-12(10)15-9/h4-6,9,11,14H,2-3,7H2,1H3/t9?,11-/m0/s1. The molecule has 0 amide bonds. The number of aliphatic hydroxyl groups is 1. The van der Waals surface area contributed by atoms with Gasteiger partial charge < -0.3 is 9.84 Å². The molecule has 0 saturated carbocycles. The highest BCUT2D eigenvalue weighted by molar-refractivity contribution is 5.37. The van der Waals surface area contributed by atoms with Gasteiger partial charge >= 0.3 is 0 Å². The van der Waals surface area contributed by atoms with Crippen LogP contribution < -0.4 is 4.74 Å². The van der Waals surface area contributed by atoms with Crippen molar-refractivity contribution in [1.29, 1.82) is 0 Å². The predicted octanol–water partition coefficient (Wildman–Crippen LogP) is 2.81. The van der Waals surface area contributed by atoms with Crippen molar-refractivity contribution >= 4 is 0 Å². The Hall–Kier alpha value is -1.09. The number of halogens is 1. The van der Waals surface area contributed by atoms with E-state index in [-0.39, 0.29) is 11.9 Å². The van der Waals surface area contributed by atoms with E-state index in [0.29, 0.717) is 17.7 Å². The Labute approximate surface area is 88.7 Å². The molecule has 1 N–H and O–H groups in total. The maximum Gasteiger partial charge on any atom is 0.128 e. The van der Waals surface area contributed by atoms with Crippen LogP contribution in [-0.4, -0.2) is 11.2 Å². The van der Waals surface area contributed by atoms with E-state index >= 15 is 0 Å². The Morgan fingerprint density at radius 1 is 1.53 bits per heavy atom. The minimum absolute atomic E-state index is 0.0132. The monoisotopic (exact) mass is 210 g/mol. The van der Waals surface area contributed by atoms with Gasteiger partial charge in [0.15, 0.2) is 0 Å². The maximum atomic E-state index is 13.0. The average molecular weight is 210 g/mol. The first kappa shape index (κ1) is 10.4. The first-order valence-corrected chi connectivity index (χ1v) is 5.35. The molecular formula is C12H15FO2. The molecule has 1 aromatic carbocycles. The van der Waals surface area contributed by atoms with E-state index in [0.717, 1.165) is 12.8 Å². The zero-order valence-electron chi connectivity index (χ0n) is 8.74. The van der Waals surface area contributed by atoms with E-state index in [1.807, 2.05) is 0 Å². The summed E-state index contributed by atoms with van der Waals surface area (Å²) in [4.78, 5) is 0. The van der Waals surface area contributed by atoms with Crippen LogP contribution in [0.1, 0.15) is 37.9 Å². The van der Waals surface area contributed by atoms with Gasteiger partial charge in [-0.15, -0.1) is 0 Å². The molecular weight excluding hydrogens is 195 g/mol. The lowest BCUT2D eigenvalue weighted by Gasteiger charge is -2.29. The topological polar surface area (TPSA) is 29.5 Å². The second-order valence-corrected chi connectivity index (χ2v) is 3.96. The van der Waals surface area contributed by atoms with Crippen LogP contribution in [-0.2, 0) is 0 Å². The second-order valence-electron chi connectivity index (χ2n) is 3.96. The molecule has 0 aromatic heterocycles. The quantitative estimate of drug-likeness (QED) is 0.813. The third kappa shape index (κ3) is 2.12. The Morgan fingerprint density at radius 3 is 3.07 bits per heavy atom. The van der Waals surface area contributed by atoms with Crippen molar-refractivity contribution in [2.75, 3.05) is 0 Å². The van der Waals surface area contributed by atoms with E-state index in [4.69, 9.17) is 4.74 Å². The summed E-state index contributed by atoms with van der Waals surface area (Å²) in [6.07, 6.45) is 1.99. The van der Waals surface area contributed by atoms with Crippen molar-refractivity contribution in [3.8, 4) is 5.75 Å². The number of rotatable bonds is 2. The molecule has 0 fully saturated rings. The molecule has 0 spiro atoms. The fraction of sp³-hybridized carbons (Fsp3) is 0.500. The molecule has 0 radical (unpaired) electrons. The van der Waals surface area contributed by atoms with E-state index in [1.165, 1.54) is 12.1 Å². The Morgan fingerprint density at radius 2 is 2.33 bits per heavy atom. The molecule has 1 aromatic rings. The first-order valence-electron chi connectivity index (χ1n) is 5.35. The van der Waals surface area contributed by atoms with Crippen LogP contribution >= 0.6 is 0 Å². The Kier molecular flexibility index (Phi) is 2.91. The minimum atomic E-state index is -0.522. The summed E-state index contributed by atoms with van der Waals surface area (Å²) in [7, 11) is 0. The summed E-state index contributed by atoms with van der Waals surface area (Å²) in [5.41, 5.74) is 0.698. The fourth-order valence-electron chi connectivity index (χ4n) is 1.99. The first-order chi connectivity index (χ1) is 7.20. The molecule has 1 aliphatic rings. The number of ether oxygens (including phenoxy) is 1. The van der Waals surface area contributed by atoms with Crippen LogP contribution in [0.3, 0.4) is 0 Å².